The van der Waals surface area contributed by atoms with Crippen molar-refractivity contribution in [2.45, 2.75) is 26.7 Å². The van der Waals surface area contributed by atoms with Gasteiger partial charge in [-0.25, -0.2) is 0 Å². The lowest BCUT2D eigenvalue weighted by Crippen LogP contribution is -2.06. The molecule has 0 aliphatic carbocycles. The molecule has 0 saturated heterocycles. The van der Waals surface area contributed by atoms with Gasteiger partial charge in [0.15, 0.2) is 5.78 Å². The average Bonchev–Trinajstić information content (AvgIpc) is 2.63. The van der Waals surface area contributed by atoms with E-state index in [2.05, 4.69) is 10.3 Å². The highest BCUT2D eigenvalue weighted by molar-refractivity contribution is 6.09. The third-order valence-electron chi connectivity index (χ3n) is 4.24. The van der Waals surface area contributed by atoms with Crippen molar-refractivity contribution in [3.05, 3.63) is 59.8 Å². The number of Topliss-reactive ketones (excluding diaryl/α,β-unsaturated/α-hetero) is 1. The number of benzene rings is 2. The summed E-state index contributed by atoms with van der Waals surface area (Å²) in [5.41, 5.74) is 4.20. The van der Waals surface area contributed by atoms with E-state index in [9.17, 15) is 4.79 Å². The quantitative estimate of drug-likeness (QED) is 0.623. The minimum Gasteiger partial charge on any atom is -0.495 e. The highest BCUT2D eigenvalue weighted by Gasteiger charge is 2.17. The molecule has 0 amide bonds. The number of rotatable bonds is 6. The molecule has 25 heavy (non-hydrogen) atoms. The van der Waals surface area contributed by atoms with Gasteiger partial charge < -0.3 is 10.1 Å². The second kappa shape index (κ2) is 7.34. The van der Waals surface area contributed by atoms with Gasteiger partial charge in [0.05, 0.1) is 29.6 Å². The summed E-state index contributed by atoms with van der Waals surface area (Å²) >= 11 is 0. The average molecular weight is 334 g/mol. The summed E-state index contributed by atoms with van der Waals surface area (Å²) in [5, 5.41) is 4.35. The van der Waals surface area contributed by atoms with Gasteiger partial charge in [0, 0.05) is 18.0 Å². The first-order chi connectivity index (χ1) is 12.2. The van der Waals surface area contributed by atoms with Crippen LogP contribution >= 0.6 is 0 Å². The minimum atomic E-state index is 0.0933. The zero-order valence-electron chi connectivity index (χ0n) is 14.8. The van der Waals surface area contributed by atoms with Gasteiger partial charge in [-0.3, -0.25) is 9.78 Å². The maximum atomic E-state index is 12.6. The Morgan fingerprint density at radius 2 is 1.96 bits per heavy atom. The molecule has 1 heterocycles. The van der Waals surface area contributed by atoms with Gasteiger partial charge in [-0.2, -0.15) is 0 Å². The van der Waals surface area contributed by atoms with Crippen LogP contribution in [0.4, 0.5) is 11.4 Å². The standard InChI is InChI=1S/C21H22N2O2/c1-4-8-18(24)16-13-22-20-14(2)9-7-10-15(20)21(16)23-17-11-5-6-12-19(17)25-3/h5-7,9-13H,4,8H2,1-3H3,(H,22,23). The monoisotopic (exact) mass is 334 g/mol. The lowest BCUT2D eigenvalue weighted by Gasteiger charge is -2.16. The molecule has 3 aromatic rings. The Labute approximate surface area is 147 Å². The lowest BCUT2D eigenvalue weighted by atomic mass is 10.0. The van der Waals surface area contributed by atoms with Gasteiger partial charge in [0.1, 0.15) is 5.75 Å². The smallest absolute Gasteiger partial charge is 0.166 e. The number of carbonyl (C=O) groups is 1. The number of para-hydroxylation sites is 3. The Morgan fingerprint density at radius 3 is 2.72 bits per heavy atom. The van der Waals surface area contributed by atoms with Crippen LogP contribution in [0.2, 0.25) is 0 Å². The van der Waals surface area contributed by atoms with E-state index < -0.39 is 0 Å². The molecule has 0 saturated carbocycles. The van der Waals surface area contributed by atoms with E-state index in [0.717, 1.165) is 40.0 Å². The van der Waals surface area contributed by atoms with E-state index >= 15 is 0 Å². The van der Waals surface area contributed by atoms with E-state index in [1.54, 1.807) is 13.3 Å². The summed E-state index contributed by atoms with van der Waals surface area (Å²) in [4.78, 5) is 17.2. The summed E-state index contributed by atoms with van der Waals surface area (Å²) in [6, 6.07) is 13.7. The van der Waals surface area contributed by atoms with Crippen LogP contribution < -0.4 is 10.1 Å². The molecular weight excluding hydrogens is 312 g/mol. The second-order valence-electron chi connectivity index (χ2n) is 6.02. The van der Waals surface area contributed by atoms with Crippen molar-refractivity contribution in [1.82, 2.24) is 4.98 Å². The Hall–Kier alpha value is -2.88. The molecule has 128 valence electrons. The van der Waals surface area contributed by atoms with Crippen molar-refractivity contribution in [2.75, 3.05) is 12.4 Å². The zero-order chi connectivity index (χ0) is 17.8. The highest BCUT2D eigenvalue weighted by atomic mass is 16.5. The Kier molecular flexibility index (Phi) is 4.98. The van der Waals surface area contributed by atoms with Crippen LogP contribution in [-0.2, 0) is 0 Å². The fraction of sp³-hybridized carbons (Fsp3) is 0.238. The fourth-order valence-electron chi connectivity index (χ4n) is 2.96. The molecule has 3 rings (SSSR count). The van der Waals surface area contributed by atoms with Crippen LogP contribution in [0, 0.1) is 6.92 Å². The Morgan fingerprint density at radius 1 is 1.16 bits per heavy atom. The van der Waals surface area contributed by atoms with Crippen LogP contribution in [0.1, 0.15) is 35.7 Å². The van der Waals surface area contributed by atoms with Gasteiger partial charge in [-0.1, -0.05) is 37.3 Å². The number of ether oxygens (including phenoxy) is 1. The first kappa shape index (κ1) is 17.0. The molecule has 0 spiro atoms. The molecule has 0 atom stereocenters. The molecule has 4 nitrogen and oxygen atoms in total. The van der Waals surface area contributed by atoms with Crippen molar-refractivity contribution >= 4 is 28.1 Å². The van der Waals surface area contributed by atoms with Crippen LogP contribution in [0.25, 0.3) is 10.9 Å². The van der Waals surface area contributed by atoms with Crippen molar-refractivity contribution < 1.29 is 9.53 Å². The predicted molar refractivity (Wildman–Crippen MR) is 102 cm³/mol. The molecule has 0 bridgehead atoms. The molecule has 4 heteroatoms. The molecule has 0 radical (unpaired) electrons. The Balaban J connectivity index is 2.20. The first-order valence-electron chi connectivity index (χ1n) is 8.47. The van der Waals surface area contributed by atoms with E-state index in [1.807, 2.05) is 56.3 Å². The fourth-order valence-corrected chi connectivity index (χ4v) is 2.96. The number of nitrogens with one attached hydrogen (secondary N) is 1. The number of methoxy groups -OCH3 is 1. The minimum absolute atomic E-state index is 0.0933. The lowest BCUT2D eigenvalue weighted by molar-refractivity contribution is 0.0982. The largest absolute Gasteiger partial charge is 0.495 e. The van der Waals surface area contributed by atoms with Crippen molar-refractivity contribution in [2.24, 2.45) is 0 Å². The third kappa shape index (κ3) is 3.33. The number of hydrogen-bond acceptors (Lipinski definition) is 4. The van der Waals surface area contributed by atoms with E-state index in [1.165, 1.54) is 0 Å². The number of nitrogens with zero attached hydrogens (tertiary/aromatic N) is 1. The maximum Gasteiger partial charge on any atom is 0.166 e. The normalized spacial score (nSPS) is 10.7. The number of hydrogen-bond donors (Lipinski definition) is 1. The number of aromatic nitrogens is 1. The van der Waals surface area contributed by atoms with E-state index in [-0.39, 0.29) is 5.78 Å². The molecule has 2 aromatic carbocycles. The zero-order valence-corrected chi connectivity index (χ0v) is 14.8. The molecule has 0 aliphatic heterocycles. The van der Waals surface area contributed by atoms with E-state index in [0.29, 0.717) is 12.0 Å². The first-order valence-corrected chi connectivity index (χ1v) is 8.47. The summed E-state index contributed by atoms with van der Waals surface area (Å²) in [6.45, 7) is 4.03. The van der Waals surface area contributed by atoms with Gasteiger partial charge in [0.25, 0.3) is 0 Å². The topological polar surface area (TPSA) is 51.2 Å². The van der Waals surface area contributed by atoms with Crippen LogP contribution in [-0.4, -0.2) is 17.9 Å². The van der Waals surface area contributed by atoms with Gasteiger partial charge in [-0.05, 0) is 31.0 Å². The van der Waals surface area contributed by atoms with Crippen LogP contribution in [0.3, 0.4) is 0 Å². The van der Waals surface area contributed by atoms with Crippen molar-refractivity contribution in [3.8, 4) is 5.75 Å². The molecular formula is C21H22N2O2. The number of pyridine rings is 1. The summed E-state index contributed by atoms with van der Waals surface area (Å²) in [6.07, 6.45) is 2.99. The van der Waals surface area contributed by atoms with Gasteiger partial charge in [0.2, 0.25) is 0 Å². The van der Waals surface area contributed by atoms with Gasteiger partial charge >= 0.3 is 0 Å². The second-order valence-corrected chi connectivity index (χ2v) is 6.02. The van der Waals surface area contributed by atoms with Crippen LogP contribution in [0.5, 0.6) is 5.75 Å². The molecule has 0 unspecified atom stereocenters. The maximum absolute atomic E-state index is 12.6. The Bertz CT molecular complexity index is 919. The highest BCUT2D eigenvalue weighted by Crippen LogP contribution is 2.34. The molecule has 0 aliphatic rings. The van der Waals surface area contributed by atoms with Crippen molar-refractivity contribution in [1.29, 1.82) is 0 Å². The number of ketones is 1. The summed E-state index contributed by atoms with van der Waals surface area (Å²) in [5.74, 6) is 0.824. The predicted octanol–water partition coefficient (Wildman–Crippen LogP) is 5.28. The van der Waals surface area contributed by atoms with Gasteiger partial charge in [-0.15, -0.1) is 0 Å². The number of aryl methyl sites for hydroxylation is 1. The molecule has 1 N–H and O–H groups in total. The third-order valence-corrected chi connectivity index (χ3v) is 4.24. The SMILES string of the molecule is CCCC(=O)c1cnc2c(C)cccc2c1Nc1ccccc1OC. The summed E-state index contributed by atoms with van der Waals surface area (Å²) in [7, 11) is 1.64. The molecule has 0 fully saturated rings. The molecule has 1 aromatic heterocycles. The number of carbonyl (C=O) groups excluding carboxylic acids is 1. The van der Waals surface area contributed by atoms with Crippen molar-refractivity contribution in [3.63, 3.8) is 0 Å². The summed E-state index contributed by atoms with van der Waals surface area (Å²) < 4.78 is 5.44. The number of anilines is 2. The number of fused-ring (bicyclic) bond motifs is 1. The van der Waals surface area contributed by atoms with E-state index in [4.69, 9.17) is 4.74 Å². The van der Waals surface area contributed by atoms with Crippen LogP contribution in [0.15, 0.2) is 48.7 Å².